The molecule has 136 valence electrons. The molecule has 1 fully saturated rings. The van der Waals surface area contributed by atoms with E-state index in [9.17, 15) is 0 Å². The average Bonchev–Trinajstić information content (AvgIpc) is 2.61. The normalized spacial score (nSPS) is 24.1. The summed E-state index contributed by atoms with van der Waals surface area (Å²) in [5, 5.41) is 4.27. The highest BCUT2D eigenvalue weighted by Crippen LogP contribution is 2.45. The third-order valence-electron chi connectivity index (χ3n) is 5.56. The van der Waals surface area contributed by atoms with Gasteiger partial charge in [-0.05, 0) is 60.8 Å². The van der Waals surface area contributed by atoms with Gasteiger partial charge in [-0.25, -0.2) is 0 Å². The molecule has 2 heterocycles. The van der Waals surface area contributed by atoms with Crippen LogP contribution in [0.2, 0.25) is 0 Å². The topological polar surface area (TPSA) is 24.5 Å². The summed E-state index contributed by atoms with van der Waals surface area (Å²) in [4.78, 5) is 2.12. The second-order valence-corrected chi connectivity index (χ2v) is 8.18. The van der Waals surface area contributed by atoms with Crippen molar-refractivity contribution in [2.45, 2.75) is 58.2 Å². The zero-order valence-electron chi connectivity index (χ0n) is 15.9. The van der Waals surface area contributed by atoms with E-state index in [1.54, 1.807) is 0 Å². The number of nitrogens with zero attached hydrogens (tertiary/aromatic N) is 1. The number of nitrogens with one attached hydrogen (secondary N) is 1. The second-order valence-electron chi connectivity index (χ2n) is 7.79. The van der Waals surface area contributed by atoms with Gasteiger partial charge in [-0.2, -0.15) is 0 Å². The summed E-state index contributed by atoms with van der Waals surface area (Å²) in [7, 11) is 0. The number of ether oxygens (including phenoxy) is 1. The fourth-order valence-corrected chi connectivity index (χ4v) is 4.48. The molecule has 0 spiro atoms. The molecule has 2 aliphatic rings. The van der Waals surface area contributed by atoms with Crippen LogP contribution in [0.3, 0.4) is 0 Å². The first kappa shape index (κ1) is 17.3. The number of anilines is 1. The molecular weight excluding hydrogens is 340 g/mol. The maximum Gasteiger partial charge on any atom is 0.188 e. The van der Waals surface area contributed by atoms with Crippen LogP contribution in [0.4, 0.5) is 5.69 Å². The SMILES string of the molecule is CCc1ccc2c(c1)[C@H]1C[C@@](C)(O2)N(c2ccc(C(C)C)cc2)C(=S)N1. The highest BCUT2D eigenvalue weighted by atomic mass is 32.1. The van der Waals surface area contributed by atoms with Crippen LogP contribution in [0, 0.1) is 0 Å². The lowest BCUT2D eigenvalue weighted by molar-refractivity contribution is 0.0497. The van der Waals surface area contributed by atoms with Gasteiger partial charge in [-0.1, -0.05) is 45.0 Å². The van der Waals surface area contributed by atoms with E-state index in [0.717, 1.165) is 29.4 Å². The highest BCUT2D eigenvalue weighted by molar-refractivity contribution is 7.80. The summed E-state index contributed by atoms with van der Waals surface area (Å²) in [6.45, 7) is 8.73. The Morgan fingerprint density at radius 1 is 1.23 bits per heavy atom. The fraction of sp³-hybridized carbons (Fsp3) is 0.409. The second kappa shape index (κ2) is 6.27. The van der Waals surface area contributed by atoms with E-state index in [2.05, 4.69) is 80.4 Å². The first-order chi connectivity index (χ1) is 12.4. The maximum atomic E-state index is 6.50. The van der Waals surface area contributed by atoms with Crippen LogP contribution >= 0.6 is 12.2 Å². The van der Waals surface area contributed by atoms with E-state index >= 15 is 0 Å². The Kier molecular flexibility index (Phi) is 4.19. The highest BCUT2D eigenvalue weighted by Gasteiger charge is 2.48. The monoisotopic (exact) mass is 366 g/mol. The molecule has 0 amide bonds. The molecule has 2 aromatic rings. The quantitative estimate of drug-likeness (QED) is 0.744. The van der Waals surface area contributed by atoms with Gasteiger partial charge in [0, 0.05) is 17.7 Å². The van der Waals surface area contributed by atoms with Gasteiger partial charge in [0.1, 0.15) is 5.75 Å². The molecule has 1 N–H and O–H groups in total. The van der Waals surface area contributed by atoms with Gasteiger partial charge in [-0.3, -0.25) is 4.90 Å². The Balaban J connectivity index is 1.72. The molecule has 26 heavy (non-hydrogen) atoms. The Bertz CT molecular complexity index is 846. The number of hydrogen-bond donors (Lipinski definition) is 1. The van der Waals surface area contributed by atoms with E-state index in [0.29, 0.717) is 5.92 Å². The molecule has 2 aliphatic heterocycles. The van der Waals surface area contributed by atoms with Crippen LogP contribution in [0.1, 0.15) is 62.8 Å². The van der Waals surface area contributed by atoms with Crippen molar-refractivity contribution in [1.82, 2.24) is 5.32 Å². The van der Waals surface area contributed by atoms with E-state index in [4.69, 9.17) is 17.0 Å². The minimum atomic E-state index is -0.479. The lowest BCUT2D eigenvalue weighted by Crippen LogP contribution is -2.65. The van der Waals surface area contributed by atoms with Crippen LogP contribution in [-0.2, 0) is 6.42 Å². The summed E-state index contributed by atoms with van der Waals surface area (Å²) >= 11 is 5.74. The molecule has 2 aromatic carbocycles. The molecule has 2 bridgehead atoms. The zero-order valence-corrected chi connectivity index (χ0v) is 16.7. The summed E-state index contributed by atoms with van der Waals surface area (Å²) < 4.78 is 6.50. The van der Waals surface area contributed by atoms with E-state index in [1.165, 1.54) is 16.7 Å². The van der Waals surface area contributed by atoms with Crippen molar-refractivity contribution in [2.75, 3.05) is 4.90 Å². The third kappa shape index (κ3) is 2.77. The Morgan fingerprint density at radius 2 is 1.96 bits per heavy atom. The van der Waals surface area contributed by atoms with E-state index in [1.807, 2.05) is 0 Å². The van der Waals surface area contributed by atoms with Crippen molar-refractivity contribution in [3.63, 3.8) is 0 Å². The largest absolute Gasteiger partial charge is 0.467 e. The van der Waals surface area contributed by atoms with Crippen LogP contribution in [0.5, 0.6) is 5.75 Å². The molecule has 0 aliphatic carbocycles. The average molecular weight is 367 g/mol. The van der Waals surface area contributed by atoms with Gasteiger partial charge < -0.3 is 10.1 Å². The molecule has 4 rings (SSSR count). The van der Waals surface area contributed by atoms with Crippen LogP contribution in [0.15, 0.2) is 42.5 Å². The molecule has 0 unspecified atom stereocenters. The zero-order chi connectivity index (χ0) is 18.5. The van der Waals surface area contributed by atoms with Crippen LogP contribution in [-0.4, -0.2) is 10.8 Å². The number of benzene rings is 2. The van der Waals surface area contributed by atoms with E-state index < -0.39 is 5.72 Å². The standard InChI is InChI=1S/C22H26N2OS/c1-5-15-6-11-20-18(12-15)19-13-22(4,25-20)24(21(26)23-19)17-9-7-16(8-10-17)14(2)3/h6-12,14,19H,5,13H2,1-4H3,(H,23,26)/t19-,22-/m1/s1. The Hall–Kier alpha value is -2.07. The van der Waals surface area contributed by atoms with Crippen molar-refractivity contribution < 1.29 is 4.74 Å². The van der Waals surface area contributed by atoms with E-state index in [-0.39, 0.29) is 6.04 Å². The van der Waals surface area contributed by atoms with Crippen LogP contribution in [0.25, 0.3) is 0 Å². The molecule has 3 nitrogen and oxygen atoms in total. The summed E-state index contributed by atoms with van der Waals surface area (Å²) in [6, 6.07) is 15.4. The summed E-state index contributed by atoms with van der Waals surface area (Å²) in [5.74, 6) is 1.47. The van der Waals surface area contributed by atoms with Crippen molar-refractivity contribution in [3.05, 3.63) is 59.2 Å². The lowest BCUT2D eigenvalue weighted by atomic mass is 9.89. The first-order valence-electron chi connectivity index (χ1n) is 9.44. The minimum absolute atomic E-state index is 0.203. The number of fused-ring (bicyclic) bond motifs is 4. The van der Waals surface area contributed by atoms with Gasteiger partial charge in [0.05, 0.1) is 6.04 Å². The van der Waals surface area contributed by atoms with Gasteiger partial charge in [0.2, 0.25) is 0 Å². The number of rotatable bonds is 3. The summed E-state index contributed by atoms with van der Waals surface area (Å²) in [6.07, 6.45) is 1.88. The molecule has 4 heteroatoms. The van der Waals surface area contributed by atoms with Crippen molar-refractivity contribution >= 4 is 23.0 Å². The molecule has 0 radical (unpaired) electrons. The Labute approximate surface area is 161 Å². The van der Waals surface area contributed by atoms with Crippen LogP contribution < -0.4 is 15.0 Å². The van der Waals surface area contributed by atoms with Gasteiger partial charge in [0.15, 0.2) is 10.8 Å². The van der Waals surface area contributed by atoms with Gasteiger partial charge in [-0.15, -0.1) is 0 Å². The third-order valence-corrected chi connectivity index (χ3v) is 5.86. The van der Waals surface area contributed by atoms with Crippen molar-refractivity contribution in [3.8, 4) is 5.75 Å². The predicted molar refractivity (Wildman–Crippen MR) is 111 cm³/mol. The molecule has 1 saturated heterocycles. The predicted octanol–water partition coefficient (Wildman–Crippen LogP) is 5.31. The minimum Gasteiger partial charge on any atom is -0.467 e. The maximum absolute atomic E-state index is 6.50. The number of hydrogen-bond acceptors (Lipinski definition) is 2. The van der Waals surface area contributed by atoms with Crippen molar-refractivity contribution in [2.24, 2.45) is 0 Å². The lowest BCUT2D eigenvalue weighted by Gasteiger charge is -2.52. The van der Waals surface area contributed by atoms with Gasteiger partial charge in [0.25, 0.3) is 0 Å². The molecular formula is C22H26N2OS. The first-order valence-corrected chi connectivity index (χ1v) is 9.84. The molecule has 0 aromatic heterocycles. The molecule has 0 saturated carbocycles. The number of thiocarbonyl (C=S) groups is 1. The molecule has 2 atom stereocenters. The number of aryl methyl sites for hydroxylation is 1. The smallest absolute Gasteiger partial charge is 0.188 e. The van der Waals surface area contributed by atoms with Crippen molar-refractivity contribution in [1.29, 1.82) is 0 Å². The van der Waals surface area contributed by atoms with Gasteiger partial charge >= 0.3 is 0 Å². The Morgan fingerprint density at radius 3 is 2.62 bits per heavy atom. The fourth-order valence-electron chi connectivity index (χ4n) is 4.04. The summed E-state index contributed by atoms with van der Waals surface area (Å²) in [5.41, 5.74) is 4.47.